The largest absolute Gasteiger partial charge is 0.497 e. The van der Waals surface area contributed by atoms with Gasteiger partial charge in [-0.2, -0.15) is 0 Å². The number of thioether (sulfide) groups is 1. The number of H-pyrrole nitrogens is 1. The van der Waals surface area contributed by atoms with E-state index in [0.717, 1.165) is 17.3 Å². The Bertz CT molecular complexity index is 1250. The predicted octanol–water partition coefficient (Wildman–Crippen LogP) is 3.88. The highest BCUT2D eigenvalue weighted by molar-refractivity contribution is 7.99. The number of carbonyl (C=O) groups excluding carboxylic acids is 1. The lowest BCUT2D eigenvalue weighted by Crippen LogP contribution is -2.17. The number of rotatable bonds is 9. The van der Waals surface area contributed by atoms with Crippen molar-refractivity contribution in [3.8, 4) is 17.2 Å². The van der Waals surface area contributed by atoms with Crippen LogP contribution in [0.5, 0.6) is 11.5 Å². The Balaban J connectivity index is 1.37. The smallest absolute Gasteiger partial charge is 0.348 e. The van der Waals surface area contributed by atoms with E-state index in [2.05, 4.69) is 15.5 Å². The Morgan fingerprint density at radius 2 is 1.70 bits per heavy atom. The summed E-state index contributed by atoms with van der Waals surface area (Å²) in [6, 6.07) is 24.1. The van der Waals surface area contributed by atoms with E-state index in [9.17, 15) is 9.59 Å². The first kappa shape index (κ1) is 22.2. The monoisotopic (exact) mass is 462 g/mol. The van der Waals surface area contributed by atoms with Gasteiger partial charge < -0.3 is 14.8 Å². The molecule has 1 amide bonds. The van der Waals surface area contributed by atoms with Gasteiger partial charge in [0.05, 0.1) is 18.6 Å². The standard InChI is InChI=1S/C24H22N4O4S/c1-31-20-11-7-18(8-12-20)25-22(29)16-33-24-27-26-23(30)28(24)19-9-13-21(14-10-19)32-15-17-5-3-2-4-6-17/h2-14H,15-16H2,1H3,(H,25,29)(H,26,30). The van der Waals surface area contributed by atoms with E-state index in [0.29, 0.717) is 34.6 Å². The summed E-state index contributed by atoms with van der Waals surface area (Å²) in [5.41, 5.74) is 1.97. The van der Waals surface area contributed by atoms with E-state index >= 15 is 0 Å². The van der Waals surface area contributed by atoms with Crippen LogP contribution in [0.3, 0.4) is 0 Å². The molecule has 8 nitrogen and oxygen atoms in total. The first-order valence-corrected chi connectivity index (χ1v) is 11.1. The van der Waals surface area contributed by atoms with Crippen LogP contribution in [0.4, 0.5) is 5.69 Å². The summed E-state index contributed by atoms with van der Waals surface area (Å²) in [6.45, 7) is 0.455. The third-order valence-electron chi connectivity index (χ3n) is 4.69. The number of nitrogens with one attached hydrogen (secondary N) is 2. The van der Waals surface area contributed by atoms with E-state index in [1.54, 1.807) is 55.6 Å². The van der Waals surface area contributed by atoms with Crippen LogP contribution in [0.2, 0.25) is 0 Å². The first-order chi connectivity index (χ1) is 16.1. The van der Waals surface area contributed by atoms with Crippen LogP contribution in [0, 0.1) is 0 Å². The summed E-state index contributed by atoms with van der Waals surface area (Å²) in [5, 5.41) is 9.69. The molecule has 0 atom stereocenters. The van der Waals surface area contributed by atoms with Gasteiger partial charge in [-0.3, -0.25) is 4.79 Å². The number of aromatic nitrogens is 3. The zero-order valence-electron chi connectivity index (χ0n) is 17.9. The minimum Gasteiger partial charge on any atom is -0.497 e. The molecule has 168 valence electrons. The Labute approximate surface area is 194 Å². The van der Waals surface area contributed by atoms with Gasteiger partial charge in [0.2, 0.25) is 5.91 Å². The third kappa shape index (κ3) is 5.83. The molecule has 0 unspecified atom stereocenters. The van der Waals surface area contributed by atoms with Crippen LogP contribution in [-0.2, 0) is 11.4 Å². The Morgan fingerprint density at radius 3 is 2.39 bits per heavy atom. The zero-order valence-corrected chi connectivity index (χ0v) is 18.7. The molecule has 0 saturated heterocycles. The van der Waals surface area contributed by atoms with Crippen molar-refractivity contribution < 1.29 is 14.3 Å². The normalized spacial score (nSPS) is 10.6. The van der Waals surface area contributed by atoms with E-state index in [4.69, 9.17) is 9.47 Å². The fraction of sp³-hybridized carbons (Fsp3) is 0.125. The maximum Gasteiger partial charge on any atom is 0.348 e. The van der Waals surface area contributed by atoms with Gasteiger partial charge in [-0.15, -0.1) is 5.10 Å². The van der Waals surface area contributed by atoms with Crippen molar-refractivity contribution in [1.29, 1.82) is 0 Å². The van der Waals surface area contributed by atoms with Crippen LogP contribution in [0.1, 0.15) is 5.56 Å². The van der Waals surface area contributed by atoms with Crippen molar-refractivity contribution in [2.75, 3.05) is 18.2 Å². The van der Waals surface area contributed by atoms with Crippen molar-refractivity contribution in [2.45, 2.75) is 11.8 Å². The average molecular weight is 463 g/mol. The first-order valence-electron chi connectivity index (χ1n) is 10.1. The summed E-state index contributed by atoms with van der Waals surface area (Å²) in [4.78, 5) is 24.6. The van der Waals surface area contributed by atoms with Gasteiger partial charge in [0.15, 0.2) is 5.16 Å². The molecule has 2 N–H and O–H groups in total. The molecule has 0 aliphatic heterocycles. The number of anilines is 1. The van der Waals surface area contributed by atoms with Gasteiger partial charge in [0.1, 0.15) is 18.1 Å². The molecule has 4 rings (SSSR count). The van der Waals surface area contributed by atoms with Gasteiger partial charge in [0, 0.05) is 5.69 Å². The minimum absolute atomic E-state index is 0.0919. The molecule has 0 bridgehead atoms. The molecular formula is C24H22N4O4S. The van der Waals surface area contributed by atoms with Gasteiger partial charge in [-0.05, 0) is 54.1 Å². The van der Waals surface area contributed by atoms with Gasteiger partial charge in [-0.25, -0.2) is 14.5 Å². The number of hydrogen-bond acceptors (Lipinski definition) is 6. The molecule has 1 heterocycles. The summed E-state index contributed by atoms with van der Waals surface area (Å²) in [6.07, 6.45) is 0. The lowest BCUT2D eigenvalue weighted by molar-refractivity contribution is -0.113. The molecule has 0 saturated carbocycles. The lowest BCUT2D eigenvalue weighted by atomic mass is 10.2. The molecule has 4 aromatic rings. The number of carbonyl (C=O) groups is 1. The third-order valence-corrected chi connectivity index (χ3v) is 5.63. The second-order valence-corrected chi connectivity index (χ2v) is 7.92. The fourth-order valence-electron chi connectivity index (χ4n) is 3.04. The summed E-state index contributed by atoms with van der Waals surface area (Å²) in [7, 11) is 1.58. The summed E-state index contributed by atoms with van der Waals surface area (Å²) in [5.74, 6) is 1.28. The summed E-state index contributed by atoms with van der Waals surface area (Å²) >= 11 is 1.16. The predicted molar refractivity (Wildman–Crippen MR) is 127 cm³/mol. The highest BCUT2D eigenvalue weighted by atomic mass is 32.2. The van der Waals surface area contributed by atoms with Crippen LogP contribution < -0.4 is 20.5 Å². The van der Waals surface area contributed by atoms with Crippen LogP contribution in [0.25, 0.3) is 5.69 Å². The van der Waals surface area contributed by atoms with Crippen LogP contribution in [-0.4, -0.2) is 33.5 Å². The summed E-state index contributed by atoms with van der Waals surface area (Å²) < 4.78 is 12.3. The van der Waals surface area contributed by atoms with Crippen molar-refractivity contribution in [3.63, 3.8) is 0 Å². The maximum absolute atomic E-state index is 12.3. The fourth-order valence-corrected chi connectivity index (χ4v) is 3.80. The van der Waals surface area contributed by atoms with E-state index in [-0.39, 0.29) is 17.3 Å². The molecular weight excluding hydrogens is 440 g/mol. The molecule has 1 aromatic heterocycles. The lowest BCUT2D eigenvalue weighted by Gasteiger charge is -2.09. The van der Waals surface area contributed by atoms with E-state index in [1.807, 2.05) is 30.3 Å². The molecule has 0 spiro atoms. The molecule has 0 fully saturated rings. The quantitative estimate of drug-likeness (QED) is 0.366. The highest BCUT2D eigenvalue weighted by Gasteiger charge is 2.13. The van der Waals surface area contributed by atoms with Gasteiger partial charge in [0.25, 0.3) is 0 Å². The second kappa shape index (κ2) is 10.6. The SMILES string of the molecule is COc1ccc(NC(=O)CSc2n[nH]c(=O)n2-c2ccc(OCc3ccccc3)cc2)cc1. The molecule has 0 aliphatic rings. The molecule has 0 radical (unpaired) electrons. The maximum atomic E-state index is 12.3. The van der Waals surface area contributed by atoms with Crippen molar-refractivity contribution in [1.82, 2.24) is 14.8 Å². The number of methoxy groups -OCH3 is 1. The van der Waals surface area contributed by atoms with Gasteiger partial charge >= 0.3 is 5.69 Å². The number of aromatic amines is 1. The number of benzene rings is 3. The van der Waals surface area contributed by atoms with Crippen LogP contribution >= 0.6 is 11.8 Å². The number of hydrogen-bond donors (Lipinski definition) is 2. The van der Waals surface area contributed by atoms with Crippen molar-refractivity contribution >= 4 is 23.4 Å². The Hall–Kier alpha value is -3.98. The second-order valence-electron chi connectivity index (χ2n) is 6.98. The molecule has 3 aromatic carbocycles. The number of ether oxygens (including phenoxy) is 2. The Kier molecular flexibility index (Phi) is 7.11. The van der Waals surface area contributed by atoms with Gasteiger partial charge in [-0.1, -0.05) is 42.1 Å². The molecule has 0 aliphatic carbocycles. The van der Waals surface area contributed by atoms with E-state index in [1.165, 1.54) is 4.57 Å². The molecule has 33 heavy (non-hydrogen) atoms. The molecule has 9 heteroatoms. The average Bonchev–Trinajstić information content (AvgIpc) is 3.23. The highest BCUT2D eigenvalue weighted by Crippen LogP contribution is 2.21. The minimum atomic E-state index is -0.383. The number of nitrogens with zero attached hydrogens (tertiary/aromatic N) is 2. The van der Waals surface area contributed by atoms with Crippen molar-refractivity contribution in [3.05, 3.63) is 94.9 Å². The van der Waals surface area contributed by atoms with Crippen LogP contribution in [0.15, 0.2) is 88.8 Å². The van der Waals surface area contributed by atoms with Crippen molar-refractivity contribution in [2.24, 2.45) is 0 Å². The zero-order chi connectivity index (χ0) is 23.0. The van der Waals surface area contributed by atoms with E-state index < -0.39 is 0 Å². The Morgan fingerprint density at radius 1 is 1.00 bits per heavy atom. The number of amides is 1. The topological polar surface area (TPSA) is 98.2 Å².